The number of hydrogen-bond acceptors (Lipinski definition) is 3. The van der Waals surface area contributed by atoms with Crippen LogP contribution in [0, 0.1) is 11.8 Å². The zero-order valence-electron chi connectivity index (χ0n) is 9.80. The number of likely N-dealkylation sites (tertiary alicyclic amines) is 1. The molecule has 1 heterocycles. The van der Waals surface area contributed by atoms with Crippen LogP contribution in [0.5, 0.6) is 0 Å². The summed E-state index contributed by atoms with van der Waals surface area (Å²) in [6.45, 7) is 4.40. The molecule has 0 aromatic heterocycles. The van der Waals surface area contributed by atoms with Crippen LogP contribution >= 0.6 is 15.2 Å². The largest absolute Gasteiger partial charge is 0.354 e. The third kappa shape index (κ3) is 4.14. The molecule has 0 spiro atoms. The molecule has 2 atom stereocenters. The number of nitrogens with zero attached hydrogens (tertiary/aromatic N) is 1. The summed E-state index contributed by atoms with van der Waals surface area (Å²) >= 11 is 0. The molecule has 0 aliphatic carbocycles. The molecule has 1 rings (SSSR count). The third-order valence-electron chi connectivity index (χ3n) is 2.83. The second kappa shape index (κ2) is 5.10. The Hall–Kier alpha value is 0.260. The first kappa shape index (κ1) is 15.3. The maximum Gasteiger partial charge on any atom is 0.354 e. The van der Waals surface area contributed by atoms with E-state index in [1.165, 1.54) is 4.90 Å². The van der Waals surface area contributed by atoms with Crippen molar-refractivity contribution < 1.29 is 28.7 Å². The quantitative estimate of drug-likeness (QED) is 0.561. The molecule has 0 radical (unpaired) electrons. The summed E-state index contributed by atoms with van der Waals surface area (Å²) in [5.74, 6) is 0.332. The van der Waals surface area contributed by atoms with Crippen LogP contribution in [0.2, 0.25) is 0 Å². The summed E-state index contributed by atoms with van der Waals surface area (Å²) in [5, 5.41) is 0. The molecule has 4 N–H and O–H groups in total. The predicted octanol–water partition coefficient (Wildman–Crippen LogP) is 0.603. The maximum atomic E-state index is 11.3. The highest BCUT2D eigenvalue weighted by atomic mass is 31.2. The van der Waals surface area contributed by atoms with Crippen LogP contribution in [0.4, 0.5) is 0 Å². The molecule has 9 heteroatoms. The first-order chi connectivity index (χ1) is 7.51. The van der Waals surface area contributed by atoms with Crippen LogP contribution in [-0.4, -0.2) is 43.1 Å². The fourth-order valence-electron chi connectivity index (χ4n) is 2.52. The zero-order valence-corrected chi connectivity index (χ0v) is 11.6. The highest BCUT2D eigenvalue weighted by Gasteiger charge is 2.48. The molecule has 17 heavy (non-hydrogen) atoms. The van der Waals surface area contributed by atoms with Crippen molar-refractivity contribution in [3.05, 3.63) is 0 Å². The van der Waals surface area contributed by atoms with E-state index in [4.69, 9.17) is 19.6 Å². The number of piperidine rings is 1. The summed E-state index contributed by atoms with van der Waals surface area (Å²) in [4.78, 5) is 37.7. The number of rotatable bonds is 3. The lowest BCUT2D eigenvalue weighted by atomic mass is 9.92. The van der Waals surface area contributed by atoms with Crippen LogP contribution in [0.15, 0.2) is 0 Å². The summed E-state index contributed by atoms with van der Waals surface area (Å²) in [7, 11) is -9.71. The predicted molar refractivity (Wildman–Crippen MR) is 62.4 cm³/mol. The summed E-state index contributed by atoms with van der Waals surface area (Å²) in [6, 6.07) is 0. The van der Waals surface area contributed by atoms with Gasteiger partial charge in [-0.25, -0.2) is 0 Å². The molecular formula is C8H19NO6P2. The number of hydrogen-bond donors (Lipinski definition) is 4. The van der Waals surface area contributed by atoms with Gasteiger partial charge in [-0.1, -0.05) is 13.8 Å². The molecular weight excluding hydrogens is 268 g/mol. The fraction of sp³-hybridized carbons (Fsp3) is 1.00. The average Bonchev–Trinajstić information content (AvgIpc) is 1.93. The van der Waals surface area contributed by atoms with Gasteiger partial charge in [-0.05, 0) is 18.3 Å². The van der Waals surface area contributed by atoms with Crippen LogP contribution in [0.25, 0.3) is 0 Å². The molecule has 0 bridgehead atoms. The highest BCUT2D eigenvalue weighted by Crippen LogP contribution is 2.61. The summed E-state index contributed by atoms with van der Waals surface area (Å²) in [5.41, 5.74) is -2.00. The molecule has 1 aliphatic rings. The Labute approximate surface area is 100 Å². The SMILES string of the molecule is CC1CC(C)CN(C(P(=O)(O)O)P(=O)(O)O)C1. The lowest BCUT2D eigenvalue weighted by Gasteiger charge is -2.39. The lowest BCUT2D eigenvalue weighted by molar-refractivity contribution is 0.128. The van der Waals surface area contributed by atoms with E-state index in [-0.39, 0.29) is 11.8 Å². The van der Waals surface area contributed by atoms with E-state index in [0.717, 1.165) is 6.42 Å². The zero-order chi connectivity index (χ0) is 13.4. The van der Waals surface area contributed by atoms with Crippen LogP contribution in [0.3, 0.4) is 0 Å². The van der Waals surface area contributed by atoms with Gasteiger partial charge in [0.2, 0.25) is 5.52 Å². The van der Waals surface area contributed by atoms with Crippen molar-refractivity contribution >= 4 is 15.2 Å². The molecule has 2 unspecified atom stereocenters. The Morgan fingerprint density at radius 1 is 1.00 bits per heavy atom. The topological polar surface area (TPSA) is 118 Å². The monoisotopic (exact) mass is 287 g/mol. The van der Waals surface area contributed by atoms with Crippen LogP contribution in [0.1, 0.15) is 20.3 Å². The minimum Gasteiger partial charge on any atom is -0.323 e. The van der Waals surface area contributed by atoms with Crippen molar-refractivity contribution in [2.24, 2.45) is 11.8 Å². The Morgan fingerprint density at radius 3 is 1.65 bits per heavy atom. The van der Waals surface area contributed by atoms with Crippen molar-refractivity contribution in [3.63, 3.8) is 0 Å². The van der Waals surface area contributed by atoms with Gasteiger partial charge in [-0.2, -0.15) is 0 Å². The van der Waals surface area contributed by atoms with Gasteiger partial charge < -0.3 is 19.6 Å². The van der Waals surface area contributed by atoms with Crippen molar-refractivity contribution in [1.82, 2.24) is 4.90 Å². The van der Waals surface area contributed by atoms with Gasteiger partial charge >= 0.3 is 15.2 Å². The normalized spacial score (nSPS) is 28.6. The first-order valence-corrected chi connectivity index (χ1v) is 8.72. The molecule has 0 amide bonds. The Balaban J connectivity index is 3.00. The lowest BCUT2D eigenvalue weighted by Crippen LogP contribution is -2.44. The van der Waals surface area contributed by atoms with Crippen molar-refractivity contribution in [2.45, 2.75) is 25.8 Å². The minimum atomic E-state index is -4.86. The summed E-state index contributed by atoms with van der Waals surface area (Å²) in [6.07, 6.45) is 0.894. The van der Waals surface area contributed by atoms with E-state index in [1.54, 1.807) is 0 Å². The van der Waals surface area contributed by atoms with E-state index in [2.05, 4.69) is 0 Å². The van der Waals surface area contributed by atoms with Crippen LogP contribution < -0.4 is 0 Å². The van der Waals surface area contributed by atoms with E-state index in [1.807, 2.05) is 13.8 Å². The van der Waals surface area contributed by atoms with Gasteiger partial charge in [0, 0.05) is 13.1 Å². The Kier molecular flexibility index (Phi) is 4.59. The molecule has 7 nitrogen and oxygen atoms in total. The molecule has 102 valence electrons. The molecule has 0 aromatic rings. The van der Waals surface area contributed by atoms with Gasteiger partial charge in [0.1, 0.15) is 0 Å². The molecule has 0 aromatic carbocycles. The van der Waals surface area contributed by atoms with Crippen molar-refractivity contribution in [1.29, 1.82) is 0 Å². The Bertz CT molecular complexity index is 331. The maximum absolute atomic E-state index is 11.3. The van der Waals surface area contributed by atoms with Gasteiger partial charge in [-0.3, -0.25) is 14.0 Å². The van der Waals surface area contributed by atoms with E-state index in [9.17, 15) is 9.13 Å². The van der Waals surface area contributed by atoms with Gasteiger partial charge in [-0.15, -0.1) is 0 Å². The fourth-order valence-corrected chi connectivity index (χ4v) is 5.32. The van der Waals surface area contributed by atoms with Gasteiger partial charge in [0.05, 0.1) is 0 Å². The first-order valence-electron chi connectivity index (χ1n) is 5.36. The van der Waals surface area contributed by atoms with E-state index < -0.39 is 20.7 Å². The second-order valence-electron chi connectivity index (χ2n) is 4.92. The van der Waals surface area contributed by atoms with Gasteiger partial charge in [0.15, 0.2) is 0 Å². The highest BCUT2D eigenvalue weighted by molar-refractivity contribution is 7.70. The van der Waals surface area contributed by atoms with Crippen LogP contribution in [-0.2, 0) is 9.13 Å². The minimum absolute atomic E-state index is 0.166. The van der Waals surface area contributed by atoms with Crippen molar-refractivity contribution in [2.75, 3.05) is 13.1 Å². The molecule has 1 aliphatic heterocycles. The second-order valence-corrected chi connectivity index (χ2v) is 8.67. The Morgan fingerprint density at radius 2 is 1.35 bits per heavy atom. The average molecular weight is 287 g/mol. The standard InChI is InChI=1S/C8H19NO6P2/c1-6-3-7(2)5-9(4-6)8(16(10,11)12)17(13,14)15/h6-8H,3-5H2,1-2H3,(H2,10,11,12)(H2,13,14,15). The summed E-state index contributed by atoms with van der Waals surface area (Å²) < 4.78 is 22.5. The molecule has 1 fully saturated rings. The van der Waals surface area contributed by atoms with Crippen molar-refractivity contribution in [3.8, 4) is 0 Å². The molecule has 1 saturated heterocycles. The molecule has 0 saturated carbocycles. The third-order valence-corrected chi connectivity index (χ3v) is 6.49. The van der Waals surface area contributed by atoms with Gasteiger partial charge in [0.25, 0.3) is 0 Å². The van der Waals surface area contributed by atoms with E-state index in [0.29, 0.717) is 13.1 Å². The van der Waals surface area contributed by atoms with E-state index >= 15 is 0 Å². The smallest absolute Gasteiger partial charge is 0.323 e.